The van der Waals surface area contributed by atoms with Crippen LogP contribution in [0.2, 0.25) is 0 Å². The van der Waals surface area contributed by atoms with Crippen molar-refractivity contribution in [2.75, 3.05) is 26.7 Å². The van der Waals surface area contributed by atoms with E-state index in [-0.39, 0.29) is 30.6 Å². The standard InChI is InChI=1S/C28H36N4O3/c1-20-16-32(21(2)19-33)28(34)25-14-24(9-8-22-6-4-5-7-22)15-30-27(25)35-26(20)18-31(3)17-23-10-12-29-13-11-23/h10-15,20-22,26,33H,4-7,16-19H2,1-3H3/t20-,21-,26-/m0/s1. The topological polar surface area (TPSA) is 78.8 Å². The van der Waals surface area contributed by atoms with E-state index >= 15 is 0 Å². The van der Waals surface area contributed by atoms with Gasteiger partial charge in [0.15, 0.2) is 0 Å². The Morgan fingerprint density at radius 1 is 1.29 bits per heavy atom. The maximum atomic E-state index is 13.5. The minimum Gasteiger partial charge on any atom is -0.472 e. The van der Waals surface area contributed by atoms with Gasteiger partial charge < -0.3 is 14.7 Å². The summed E-state index contributed by atoms with van der Waals surface area (Å²) in [7, 11) is 2.06. The van der Waals surface area contributed by atoms with E-state index in [0.29, 0.717) is 30.5 Å². The predicted octanol–water partition coefficient (Wildman–Crippen LogP) is 3.37. The van der Waals surface area contributed by atoms with E-state index < -0.39 is 0 Å². The van der Waals surface area contributed by atoms with Gasteiger partial charge in [-0.25, -0.2) is 4.98 Å². The number of aromatic nitrogens is 2. The average Bonchev–Trinajstić information content (AvgIpc) is 3.39. The number of hydrogen-bond acceptors (Lipinski definition) is 6. The number of pyridine rings is 2. The number of hydrogen-bond donors (Lipinski definition) is 1. The van der Waals surface area contributed by atoms with Crippen LogP contribution in [-0.2, 0) is 6.54 Å². The lowest BCUT2D eigenvalue weighted by Crippen LogP contribution is -2.49. The van der Waals surface area contributed by atoms with Gasteiger partial charge in [0, 0.05) is 55.6 Å². The zero-order valence-electron chi connectivity index (χ0n) is 21.0. The molecule has 3 atom stereocenters. The number of aliphatic hydroxyl groups excluding tert-OH is 1. The van der Waals surface area contributed by atoms with Gasteiger partial charge in [0.05, 0.1) is 12.6 Å². The third-order valence-corrected chi connectivity index (χ3v) is 6.99. The summed E-state index contributed by atoms with van der Waals surface area (Å²) in [6.45, 7) is 5.78. The molecule has 1 saturated carbocycles. The molecule has 0 radical (unpaired) electrons. The molecule has 0 aromatic carbocycles. The van der Waals surface area contributed by atoms with Gasteiger partial charge in [0.2, 0.25) is 5.88 Å². The van der Waals surface area contributed by atoms with Crippen LogP contribution in [0.15, 0.2) is 36.8 Å². The largest absolute Gasteiger partial charge is 0.472 e. The van der Waals surface area contributed by atoms with Crippen molar-refractivity contribution in [3.05, 3.63) is 53.5 Å². The van der Waals surface area contributed by atoms with E-state index in [1.807, 2.05) is 19.1 Å². The van der Waals surface area contributed by atoms with Gasteiger partial charge in [0.25, 0.3) is 5.91 Å². The molecule has 186 valence electrons. The highest BCUT2D eigenvalue weighted by Gasteiger charge is 2.34. The molecule has 35 heavy (non-hydrogen) atoms. The second-order valence-electron chi connectivity index (χ2n) is 10.0. The Labute approximate surface area is 208 Å². The summed E-state index contributed by atoms with van der Waals surface area (Å²) in [5.74, 6) is 7.22. The molecule has 2 aromatic heterocycles. The van der Waals surface area contributed by atoms with Gasteiger partial charge in [0.1, 0.15) is 11.7 Å². The summed E-state index contributed by atoms with van der Waals surface area (Å²) in [4.78, 5) is 26.1. The van der Waals surface area contributed by atoms with Crippen LogP contribution in [-0.4, -0.2) is 69.7 Å². The number of nitrogens with zero attached hydrogens (tertiary/aromatic N) is 4. The Hall–Kier alpha value is -2.95. The molecule has 0 bridgehead atoms. The molecule has 1 aliphatic heterocycles. The first-order chi connectivity index (χ1) is 16.9. The summed E-state index contributed by atoms with van der Waals surface area (Å²) in [6.07, 6.45) is 9.87. The minimum atomic E-state index is -0.306. The molecule has 1 N–H and O–H groups in total. The maximum Gasteiger partial charge on any atom is 0.259 e. The molecule has 1 aliphatic carbocycles. The third-order valence-electron chi connectivity index (χ3n) is 6.99. The highest BCUT2D eigenvalue weighted by Crippen LogP contribution is 2.28. The Balaban J connectivity index is 1.60. The van der Waals surface area contributed by atoms with Crippen LogP contribution in [0.1, 0.15) is 61.0 Å². The van der Waals surface area contributed by atoms with Crippen molar-refractivity contribution in [1.82, 2.24) is 19.8 Å². The van der Waals surface area contributed by atoms with Crippen LogP contribution >= 0.6 is 0 Å². The van der Waals surface area contributed by atoms with Crippen LogP contribution in [0.25, 0.3) is 0 Å². The average molecular weight is 477 g/mol. The zero-order valence-corrected chi connectivity index (χ0v) is 21.0. The quantitative estimate of drug-likeness (QED) is 0.644. The van der Waals surface area contributed by atoms with E-state index in [4.69, 9.17) is 4.74 Å². The van der Waals surface area contributed by atoms with E-state index in [2.05, 4.69) is 40.7 Å². The van der Waals surface area contributed by atoms with Gasteiger partial charge in [-0.05, 0) is 50.6 Å². The maximum absolute atomic E-state index is 13.5. The van der Waals surface area contributed by atoms with Gasteiger partial charge in [-0.2, -0.15) is 0 Å². The van der Waals surface area contributed by atoms with Crippen molar-refractivity contribution in [1.29, 1.82) is 0 Å². The fourth-order valence-electron chi connectivity index (χ4n) is 4.82. The molecule has 3 heterocycles. The molecule has 1 fully saturated rings. The SMILES string of the molecule is C[C@H]1CN([C@@H](C)CO)C(=O)c2cc(C#CC3CCCC3)cnc2O[C@H]1CN(C)Cc1ccncc1. The number of likely N-dealkylation sites (N-methyl/N-ethyl adjacent to an activating group) is 1. The van der Waals surface area contributed by atoms with Gasteiger partial charge in [-0.1, -0.05) is 31.6 Å². The number of aliphatic hydroxyl groups is 1. The highest BCUT2D eigenvalue weighted by atomic mass is 16.5. The highest BCUT2D eigenvalue weighted by molar-refractivity contribution is 5.97. The van der Waals surface area contributed by atoms with Crippen LogP contribution in [0.3, 0.4) is 0 Å². The van der Waals surface area contributed by atoms with E-state index in [1.54, 1.807) is 29.6 Å². The molecule has 1 amide bonds. The number of ether oxygens (including phenoxy) is 1. The second kappa shape index (κ2) is 11.7. The molecule has 7 heteroatoms. The molecular weight excluding hydrogens is 440 g/mol. The summed E-state index contributed by atoms with van der Waals surface area (Å²) in [5, 5.41) is 9.86. The summed E-state index contributed by atoms with van der Waals surface area (Å²) < 4.78 is 6.40. The zero-order chi connectivity index (χ0) is 24.8. The third kappa shape index (κ3) is 6.39. The molecule has 2 aromatic rings. The lowest BCUT2D eigenvalue weighted by atomic mass is 9.99. The summed E-state index contributed by atoms with van der Waals surface area (Å²) in [6, 6.07) is 5.51. The van der Waals surface area contributed by atoms with Crippen molar-refractivity contribution in [3.8, 4) is 17.7 Å². The Morgan fingerprint density at radius 3 is 2.74 bits per heavy atom. The van der Waals surface area contributed by atoms with Gasteiger partial charge in [-0.15, -0.1) is 0 Å². The first-order valence-electron chi connectivity index (χ1n) is 12.6. The molecule has 0 saturated heterocycles. The summed E-state index contributed by atoms with van der Waals surface area (Å²) >= 11 is 0. The van der Waals surface area contributed by atoms with Crippen LogP contribution < -0.4 is 4.74 Å². The predicted molar refractivity (Wildman–Crippen MR) is 135 cm³/mol. The Kier molecular flexibility index (Phi) is 8.37. The number of amides is 1. The van der Waals surface area contributed by atoms with Crippen molar-refractivity contribution in [2.24, 2.45) is 11.8 Å². The van der Waals surface area contributed by atoms with Crippen LogP contribution in [0.4, 0.5) is 0 Å². The fraction of sp³-hybridized carbons (Fsp3) is 0.536. The van der Waals surface area contributed by atoms with Crippen LogP contribution in [0.5, 0.6) is 5.88 Å². The normalized spacial score (nSPS) is 21.5. The van der Waals surface area contributed by atoms with Crippen LogP contribution in [0, 0.1) is 23.7 Å². The smallest absolute Gasteiger partial charge is 0.259 e. The summed E-state index contributed by atoms with van der Waals surface area (Å²) in [5.41, 5.74) is 2.32. The van der Waals surface area contributed by atoms with Gasteiger partial charge >= 0.3 is 0 Å². The molecule has 2 aliphatic rings. The van der Waals surface area contributed by atoms with E-state index in [9.17, 15) is 9.90 Å². The molecule has 4 rings (SSSR count). The first-order valence-corrected chi connectivity index (χ1v) is 12.6. The fourth-order valence-corrected chi connectivity index (χ4v) is 4.82. The number of carbonyl (C=O) groups is 1. The second-order valence-corrected chi connectivity index (χ2v) is 10.0. The first kappa shape index (κ1) is 25.2. The minimum absolute atomic E-state index is 0.0459. The molecule has 0 spiro atoms. The van der Waals surface area contributed by atoms with Crippen molar-refractivity contribution in [2.45, 2.75) is 58.2 Å². The number of carbonyl (C=O) groups excluding carboxylic acids is 1. The molecule has 7 nitrogen and oxygen atoms in total. The van der Waals surface area contributed by atoms with Gasteiger partial charge in [-0.3, -0.25) is 14.7 Å². The molecule has 0 unspecified atom stereocenters. The molecular formula is C28H36N4O3. The lowest BCUT2D eigenvalue weighted by Gasteiger charge is -2.37. The number of rotatable bonds is 6. The lowest BCUT2D eigenvalue weighted by molar-refractivity contribution is 0.0325. The van der Waals surface area contributed by atoms with Crippen molar-refractivity contribution >= 4 is 5.91 Å². The number of fused-ring (bicyclic) bond motifs is 1. The Bertz CT molecular complexity index is 1060. The van der Waals surface area contributed by atoms with Crippen molar-refractivity contribution < 1.29 is 14.6 Å². The monoisotopic (exact) mass is 476 g/mol. The van der Waals surface area contributed by atoms with E-state index in [1.165, 1.54) is 18.4 Å². The Morgan fingerprint density at radius 2 is 2.03 bits per heavy atom. The van der Waals surface area contributed by atoms with Crippen molar-refractivity contribution in [3.63, 3.8) is 0 Å². The van der Waals surface area contributed by atoms with E-state index in [0.717, 1.165) is 24.9 Å².